The molecule has 0 bridgehead atoms. The number of hydrogen-bond acceptors (Lipinski definition) is 5. The Hall–Kier alpha value is -3.17. The van der Waals surface area contributed by atoms with Crippen LogP contribution in [0.2, 0.25) is 0 Å². The molecular formula is C23H23F3N4O3. The highest BCUT2D eigenvalue weighted by Crippen LogP contribution is 2.38. The van der Waals surface area contributed by atoms with Crippen molar-refractivity contribution in [2.45, 2.75) is 49.9 Å². The van der Waals surface area contributed by atoms with Crippen LogP contribution in [-0.2, 0) is 11.0 Å². The third kappa shape index (κ3) is 4.65. The number of ether oxygens (including phenoxy) is 1. The van der Waals surface area contributed by atoms with Gasteiger partial charge >= 0.3 is 6.18 Å². The third-order valence-corrected chi connectivity index (χ3v) is 6.38. The molecule has 0 spiro atoms. The van der Waals surface area contributed by atoms with Gasteiger partial charge in [-0.25, -0.2) is 4.98 Å². The molecule has 3 heterocycles. The number of halogens is 3. The van der Waals surface area contributed by atoms with Crippen LogP contribution in [-0.4, -0.2) is 63.4 Å². The van der Waals surface area contributed by atoms with Crippen molar-refractivity contribution in [2.75, 3.05) is 19.6 Å². The molecule has 2 saturated heterocycles. The Morgan fingerprint density at radius 2 is 1.94 bits per heavy atom. The van der Waals surface area contributed by atoms with Gasteiger partial charge in [0.05, 0.1) is 36.2 Å². The molecule has 2 aromatic rings. The fourth-order valence-electron chi connectivity index (χ4n) is 4.50. The molecule has 0 radical (unpaired) electrons. The van der Waals surface area contributed by atoms with Crippen molar-refractivity contribution in [3.63, 3.8) is 0 Å². The highest BCUT2D eigenvalue weighted by molar-refractivity contribution is 5.95. The van der Waals surface area contributed by atoms with Crippen LogP contribution < -0.4 is 4.74 Å². The molecule has 1 aliphatic carbocycles. The maximum Gasteiger partial charge on any atom is 0.416 e. The summed E-state index contributed by atoms with van der Waals surface area (Å²) >= 11 is 0. The summed E-state index contributed by atoms with van der Waals surface area (Å²) in [5, 5.41) is 0. The number of benzene rings is 1. The number of carbonyl (C=O) groups excluding carboxylic acids is 2. The van der Waals surface area contributed by atoms with Gasteiger partial charge in [0.2, 0.25) is 11.8 Å². The zero-order chi connectivity index (χ0) is 23.2. The molecule has 1 aromatic carbocycles. The Labute approximate surface area is 188 Å². The summed E-state index contributed by atoms with van der Waals surface area (Å²) in [6.07, 6.45) is 1.39. The molecule has 3 fully saturated rings. The van der Waals surface area contributed by atoms with E-state index in [1.165, 1.54) is 17.0 Å². The molecule has 2 aliphatic heterocycles. The highest BCUT2D eigenvalue weighted by Gasteiger charge is 2.41. The van der Waals surface area contributed by atoms with Gasteiger partial charge in [-0.05, 0) is 31.0 Å². The van der Waals surface area contributed by atoms with Crippen molar-refractivity contribution in [3.8, 4) is 5.88 Å². The van der Waals surface area contributed by atoms with Crippen LogP contribution in [0, 0.1) is 0 Å². The fourth-order valence-corrected chi connectivity index (χ4v) is 4.50. The van der Waals surface area contributed by atoms with Gasteiger partial charge in [-0.1, -0.05) is 6.07 Å². The lowest BCUT2D eigenvalue weighted by molar-refractivity contribution is -0.137. The minimum absolute atomic E-state index is 0.0393. The normalized spacial score (nSPS) is 23.3. The molecule has 0 N–H and O–H groups in total. The minimum Gasteiger partial charge on any atom is -0.471 e. The first kappa shape index (κ1) is 21.7. The lowest BCUT2D eigenvalue weighted by Gasteiger charge is -2.25. The van der Waals surface area contributed by atoms with Crippen molar-refractivity contribution >= 4 is 11.8 Å². The van der Waals surface area contributed by atoms with Crippen LogP contribution in [0.5, 0.6) is 5.88 Å². The van der Waals surface area contributed by atoms with E-state index < -0.39 is 17.6 Å². The van der Waals surface area contributed by atoms with E-state index in [4.69, 9.17) is 4.74 Å². The van der Waals surface area contributed by atoms with Gasteiger partial charge in [-0.3, -0.25) is 14.6 Å². The van der Waals surface area contributed by atoms with Crippen molar-refractivity contribution in [3.05, 3.63) is 53.5 Å². The van der Waals surface area contributed by atoms with E-state index in [9.17, 15) is 22.8 Å². The number of nitrogens with zero attached hydrogens (tertiary/aromatic N) is 4. The molecule has 10 heteroatoms. The zero-order valence-corrected chi connectivity index (χ0v) is 17.8. The second kappa shape index (κ2) is 8.31. The minimum atomic E-state index is -4.53. The zero-order valence-electron chi connectivity index (χ0n) is 17.8. The van der Waals surface area contributed by atoms with E-state index in [0.29, 0.717) is 24.8 Å². The summed E-state index contributed by atoms with van der Waals surface area (Å²) in [5.41, 5.74) is 0.0492. The van der Waals surface area contributed by atoms with Crippen molar-refractivity contribution in [1.82, 2.24) is 19.8 Å². The summed E-state index contributed by atoms with van der Waals surface area (Å²) in [5.74, 6) is 0.280. The van der Waals surface area contributed by atoms with Crippen LogP contribution in [0.15, 0.2) is 36.7 Å². The molecule has 3 aliphatic rings. The second-order valence-electron chi connectivity index (χ2n) is 8.81. The highest BCUT2D eigenvalue weighted by atomic mass is 19.4. The Morgan fingerprint density at radius 3 is 2.64 bits per heavy atom. The molecule has 7 nitrogen and oxygen atoms in total. The first-order valence-corrected chi connectivity index (χ1v) is 11.0. The Bertz CT molecular complexity index is 1060. The van der Waals surface area contributed by atoms with Gasteiger partial charge in [0.15, 0.2) is 0 Å². The monoisotopic (exact) mass is 460 g/mol. The van der Waals surface area contributed by atoms with Crippen LogP contribution in [0.3, 0.4) is 0 Å². The maximum atomic E-state index is 13.1. The van der Waals surface area contributed by atoms with Crippen molar-refractivity contribution < 1.29 is 27.5 Å². The van der Waals surface area contributed by atoms with E-state index in [-0.39, 0.29) is 43.1 Å². The third-order valence-electron chi connectivity index (χ3n) is 6.38. The SMILES string of the molecule is O=C(c1cccc(C(F)(F)F)c1)N1CCC(=O)N2C[C@H](Oc3cnc(C4CC4)cn3)C[C@@H]2C1. The summed E-state index contributed by atoms with van der Waals surface area (Å²) < 4.78 is 45.1. The number of alkyl halides is 3. The van der Waals surface area contributed by atoms with E-state index in [1.807, 2.05) is 0 Å². The van der Waals surface area contributed by atoms with Gasteiger partial charge in [0.1, 0.15) is 6.10 Å². The molecule has 33 heavy (non-hydrogen) atoms. The smallest absolute Gasteiger partial charge is 0.416 e. The standard InChI is InChI=1S/C23H23F3N4O3/c24-23(25,26)16-3-1-2-15(8-16)22(32)29-7-6-21(31)30-13-18(9-17(30)12-29)33-20-11-27-19(10-28-20)14-4-5-14/h1-3,8,10-11,14,17-18H,4-7,9,12-13H2/t17-,18-/m1/s1. The summed E-state index contributed by atoms with van der Waals surface area (Å²) in [6.45, 7) is 0.786. The first-order chi connectivity index (χ1) is 15.8. The van der Waals surface area contributed by atoms with Crippen LogP contribution in [0.4, 0.5) is 13.2 Å². The summed E-state index contributed by atoms with van der Waals surface area (Å²) in [6, 6.07) is 4.12. The molecule has 0 unspecified atom stereocenters. The van der Waals surface area contributed by atoms with Crippen molar-refractivity contribution in [1.29, 1.82) is 0 Å². The molecule has 1 aromatic heterocycles. The Kier molecular flexibility index (Phi) is 5.46. The van der Waals surface area contributed by atoms with Gasteiger partial charge in [-0.2, -0.15) is 13.2 Å². The second-order valence-corrected chi connectivity index (χ2v) is 8.81. The van der Waals surface area contributed by atoms with E-state index in [1.54, 1.807) is 17.3 Å². The number of hydrogen-bond donors (Lipinski definition) is 0. The topological polar surface area (TPSA) is 75.6 Å². The molecule has 2 atom stereocenters. The maximum absolute atomic E-state index is 13.1. The number of rotatable bonds is 4. The number of aromatic nitrogens is 2. The number of carbonyl (C=O) groups is 2. The lowest BCUT2D eigenvalue weighted by Crippen LogP contribution is -2.40. The van der Waals surface area contributed by atoms with Crippen molar-refractivity contribution in [2.24, 2.45) is 0 Å². The molecule has 5 rings (SSSR count). The van der Waals surface area contributed by atoms with Gasteiger partial charge in [-0.15, -0.1) is 0 Å². The van der Waals surface area contributed by atoms with Crippen LogP contribution >= 0.6 is 0 Å². The molecule has 1 saturated carbocycles. The summed E-state index contributed by atoms with van der Waals surface area (Å²) in [4.78, 5) is 37.5. The number of fused-ring (bicyclic) bond motifs is 1. The number of amides is 2. The predicted octanol–water partition coefficient (Wildman–Crippen LogP) is 3.27. The molecule has 2 amide bonds. The average Bonchev–Trinajstić information content (AvgIpc) is 3.59. The van der Waals surface area contributed by atoms with Gasteiger partial charge < -0.3 is 14.5 Å². The Balaban J connectivity index is 1.26. The van der Waals surface area contributed by atoms with E-state index in [2.05, 4.69) is 9.97 Å². The summed E-state index contributed by atoms with van der Waals surface area (Å²) in [7, 11) is 0. The van der Waals surface area contributed by atoms with E-state index in [0.717, 1.165) is 30.7 Å². The first-order valence-electron chi connectivity index (χ1n) is 11.0. The molecule has 174 valence electrons. The Morgan fingerprint density at radius 1 is 1.12 bits per heavy atom. The quantitative estimate of drug-likeness (QED) is 0.700. The van der Waals surface area contributed by atoms with Gasteiger partial charge in [0.25, 0.3) is 5.91 Å². The average molecular weight is 460 g/mol. The largest absolute Gasteiger partial charge is 0.471 e. The lowest BCUT2D eigenvalue weighted by atomic mass is 10.1. The fraction of sp³-hybridized carbons (Fsp3) is 0.478. The molecular weight excluding hydrogens is 437 g/mol. The van der Waals surface area contributed by atoms with Gasteiger partial charge in [0, 0.05) is 37.4 Å². The van der Waals surface area contributed by atoms with Crippen LogP contribution in [0.25, 0.3) is 0 Å². The van der Waals surface area contributed by atoms with E-state index >= 15 is 0 Å². The predicted molar refractivity (Wildman–Crippen MR) is 111 cm³/mol. The van der Waals surface area contributed by atoms with Crippen LogP contribution in [0.1, 0.15) is 53.2 Å².